The lowest BCUT2D eigenvalue weighted by atomic mass is 10.1. The highest BCUT2D eigenvalue weighted by Crippen LogP contribution is 2.25. The fourth-order valence-electron chi connectivity index (χ4n) is 2.12. The van der Waals surface area contributed by atoms with Crippen molar-refractivity contribution in [3.63, 3.8) is 0 Å². The van der Waals surface area contributed by atoms with E-state index in [0.717, 1.165) is 0 Å². The molecular formula is C15H22N4O4. The standard InChI is InChI=1S/C15H22N4O4/c1-5-16-14(20)10-18(6-2)15(21)12-9-11(19(22)23)7-8-13(12)17(3)4/h7-9H,5-6,10H2,1-4H3,(H,16,20). The summed E-state index contributed by atoms with van der Waals surface area (Å²) >= 11 is 0. The summed E-state index contributed by atoms with van der Waals surface area (Å²) in [6.45, 7) is 4.26. The number of non-ortho nitro benzene ring substituents is 1. The van der Waals surface area contributed by atoms with Crippen molar-refractivity contribution >= 4 is 23.2 Å². The Hall–Kier alpha value is -2.64. The molecule has 0 heterocycles. The van der Waals surface area contributed by atoms with Gasteiger partial charge in [0.1, 0.15) is 0 Å². The number of hydrogen-bond acceptors (Lipinski definition) is 5. The summed E-state index contributed by atoms with van der Waals surface area (Å²) in [6, 6.07) is 4.13. The smallest absolute Gasteiger partial charge is 0.270 e. The Morgan fingerprint density at radius 2 is 1.91 bits per heavy atom. The van der Waals surface area contributed by atoms with Crippen molar-refractivity contribution in [1.29, 1.82) is 0 Å². The van der Waals surface area contributed by atoms with E-state index in [-0.39, 0.29) is 23.7 Å². The van der Waals surface area contributed by atoms with E-state index in [1.54, 1.807) is 32.8 Å². The molecule has 1 N–H and O–H groups in total. The van der Waals surface area contributed by atoms with Crippen LogP contribution in [0.1, 0.15) is 24.2 Å². The van der Waals surface area contributed by atoms with Crippen molar-refractivity contribution in [2.75, 3.05) is 38.6 Å². The van der Waals surface area contributed by atoms with E-state index < -0.39 is 10.8 Å². The first-order valence-electron chi connectivity index (χ1n) is 7.33. The van der Waals surface area contributed by atoms with Crippen LogP contribution in [-0.4, -0.2) is 55.4 Å². The molecule has 0 aromatic heterocycles. The molecule has 0 atom stereocenters. The molecule has 2 amide bonds. The average Bonchev–Trinajstić information content (AvgIpc) is 2.51. The summed E-state index contributed by atoms with van der Waals surface area (Å²) in [4.78, 5) is 37.9. The van der Waals surface area contributed by atoms with E-state index in [1.807, 2.05) is 0 Å². The number of nitrogens with zero attached hydrogens (tertiary/aromatic N) is 3. The number of nitro groups is 1. The Kier molecular flexibility index (Phi) is 6.49. The minimum absolute atomic E-state index is 0.0846. The maximum atomic E-state index is 12.7. The van der Waals surface area contributed by atoms with Gasteiger partial charge < -0.3 is 15.1 Å². The van der Waals surface area contributed by atoms with Crippen LogP contribution in [0.25, 0.3) is 0 Å². The van der Waals surface area contributed by atoms with Crippen LogP contribution in [0.3, 0.4) is 0 Å². The van der Waals surface area contributed by atoms with Crippen LogP contribution in [0.15, 0.2) is 18.2 Å². The molecule has 8 nitrogen and oxygen atoms in total. The van der Waals surface area contributed by atoms with Crippen molar-refractivity contribution < 1.29 is 14.5 Å². The molecule has 0 aliphatic heterocycles. The number of rotatable bonds is 7. The Morgan fingerprint density at radius 1 is 1.26 bits per heavy atom. The van der Waals surface area contributed by atoms with Crippen molar-refractivity contribution in [2.45, 2.75) is 13.8 Å². The van der Waals surface area contributed by atoms with Crippen LogP contribution in [-0.2, 0) is 4.79 Å². The van der Waals surface area contributed by atoms with E-state index in [0.29, 0.717) is 18.8 Å². The van der Waals surface area contributed by atoms with Crippen LogP contribution in [0.5, 0.6) is 0 Å². The van der Waals surface area contributed by atoms with Gasteiger partial charge in [0.05, 0.1) is 17.0 Å². The largest absolute Gasteiger partial charge is 0.377 e. The summed E-state index contributed by atoms with van der Waals surface area (Å²) in [5.41, 5.74) is 0.610. The third kappa shape index (κ3) is 4.67. The Bertz CT molecular complexity index is 601. The number of nitro benzene ring substituents is 1. The third-order valence-electron chi connectivity index (χ3n) is 3.28. The summed E-state index contributed by atoms with van der Waals surface area (Å²) in [5.74, 6) is -0.675. The molecule has 0 bridgehead atoms. The van der Waals surface area contributed by atoms with Crippen molar-refractivity contribution in [2.24, 2.45) is 0 Å². The van der Waals surface area contributed by atoms with Crippen molar-refractivity contribution in [3.05, 3.63) is 33.9 Å². The normalized spacial score (nSPS) is 10.1. The first-order chi connectivity index (χ1) is 10.8. The lowest BCUT2D eigenvalue weighted by Crippen LogP contribution is -2.41. The SMILES string of the molecule is CCNC(=O)CN(CC)C(=O)c1cc([N+](=O)[O-])ccc1N(C)C. The summed E-state index contributed by atoms with van der Waals surface area (Å²) in [6.07, 6.45) is 0. The highest BCUT2D eigenvalue weighted by Gasteiger charge is 2.23. The predicted molar refractivity (Wildman–Crippen MR) is 87.7 cm³/mol. The molecule has 8 heteroatoms. The number of anilines is 1. The second-order valence-corrected chi connectivity index (χ2v) is 5.13. The number of carbonyl (C=O) groups excluding carboxylic acids is 2. The van der Waals surface area contributed by atoms with Gasteiger partial charge in [-0.2, -0.15) is 0 Å². The lowest BCUT2D eigenvalue weighted by molar-refractivity contribution is -0.384. The predicted octanol–water partition coefficient (Wildman–Crippen LogP) is 1.26. The molecule has 0 spiro atoms. The second kappa shape index (κ2) is 8.11. The van der Waals surface area contributed by atoms with Gasteiger partial charge in [0.2, 0.25) is 5.91 Å². The summed E-state index contributed by atoms with van der Waals surface area (Å²) in [7, 11) is 3.50. The molecular weight excluding hydrogens is 300 g/mol. The highest BCUT2D eigenvalue weighted by molar-refractivity contribution is 6.01. The third-order valence-corrected chi connectivity index (χ3v) is 3.28. The second-order valence-electron chi connectivity index (χ2n) is 5.13. The number of amides is 2. The van der Waals surface area contributed by atoms with Crippen molar-refractivity contribution in [3.8, 4) is 0 Å². The number of nitrogens with one attached hydrogen (secondary N) is 1. The average molecular weight is 322 g/mol. The van der Waals surface area contributed by atoms with Gasteiger partial charge in [-0.15, -0.1) is 0 Å². The van der Waals surface area contributed by atoms with Gasteiger partial charge >= 0.3 is 0 Å². The van der Waals surface area contributed by atoms with Gasteiger partial charge in [-0.05, 0) is 19.9 Å². The minimum atomic E-state index is -0.545. The number of benzene rings is 1. The molecule has 1 rings (SSSR count). The Morgan fingerprint density at radius 3 is 2.39 bits per heavy atom. The van der Waals surface area contributed by atoms with E-state index in [2.05, 4.69) is 5.32 Å². The number of hydrogen-bond donors (Lipinski definition) is 1. The number of likely N-dealkylation sites (N-methyl/N-ethyl adjacent to an activating group) is 2. The molecule has 23 heavy (non-hydrogen) atoms. The van der Waals surface area contributed by atoms with Crippen molar-refractivity contribution in [1.82, 2.24) is 10.2 Å². The Balaban J connectivity index is 3.19. The summed E-state index contributed by atoms with van der Waals surface area (Å²) < 4.78 is 0. The first-order valence-corrected chi connectivity index (χ1v) is 7.33. The van der Waals surface area contributed by atoms with Crippen LogP contribution in [0.4, 0.5) is 11.4 Å². The highest BCUT2D eigenvalue weighted by atomic mass is 16.6. The zero-order valence-electron chi connectivity index (χ0n) is 13.8. The van der Waals surface area contributed by atoms with E-state index in [9.17, 15) is 19.7 Å². The van der Waals surface area contributed by atoms with E-state index in [4.69, 9.17) is 0 Å². The molecule has 126 valence electrons. The fourth-order valence-corrected chi connectivity index (χ4v) is 2.12. The maximum absolute atomic E-state index is 12.7. The number of carbonyl (C=O) groups is 2. The lowest BCUT2D eigenvalue weighted by Gasteiger charge is -2.23. The molecule has 0 radical (unpaired) electrons. The van der Waals surface area contributed by atoms with Gasteiger partial charge in [0.15, 0.2) is 0 Å². The molecule has 0 unspecified atom stereocenters. The zero-order chi connectivity index (χ0) is 17.6. The molecule has 0 saturated heterocycles. The fraction of sp³-hybridized carbons (Fsp3) is 0.467. The van der Waals surface area contributed by atoms with Gasteiger partial charge in [-0.1, -0.05) is 0 Å². The van der Waals surface area contributed by atoms with Gasteiger partial charge in [0, 0.05) is 45.0 Å². The quantitative estimate of drug-likeness (QED) is 0.602. The van der Waals surface area contributed by atoms with Crippen LogP contribution < -0.4 is 10.2 Å². The topological polar surface area (TPSA) is 95.8 Å². The van der Waals surface area contributed by atoms with Gasteiger partial charge in [-0.3, -0.25) is 19.7 Å². The molecule has 1 aromatic rings. The van der Waals surface area contributed by atoms with E-state index >= 15 is 0 Å². The first kappa shape index (κ1) is 18.4. The maximum Gasteiger partial charge on any atom is 0.270 e. The molecule has 0 fully saturated rings. The van der Waals surface area contributed by atoms with Crippen LogP contribution in [0, 0.1) is 10.1 Å². The van der Waals surface area contributed by atoms with Crippen LogP contribution >= 0.6 is 0 Å². The van der Waals surface area contributed by atoms with Crippen LogP contribution in [0.2, 0.25) is 0 Å². The van der Waals surface area contributed by atoms with Gasteiger partial charge in [0.25, 0.3) is 11.6 Å². The minimum Gasteiger partial charge on any atom is -0.377 e. The van der Waals surface area contributed by atoms with E-state index in [1.165, 1.54) is 23.1 Å². The molecule has 1 aromatic carbocycles. The summed E-state index contributed by atoms with van der Waals surface area (Å²) in [5, 5.41) is 13.6. The van der Waals surface area contributed by atoms with Gasteiger partial charge in [-0.25, -0.2) is 0 Å². The monoisotopic (exact) mass is 322 g/mol. The molecule has 0 saturated carbocycles. The zero-order valence-corrected chi connectivity index (χ0v) is 13.8. The Labute approximate surface area is 135 Å². The molecule has 0 aliphatic rings. The molecule has 0 aliphatic carbocycles.